The Morgan fingerprint density at radius 2 is 2.40 bits per heavy atom. The molecular formula is C10H16N4O. The summed E-state index contributed by atoms with van der Waals surface area (Å²) in [6.07, 6.45) is 1.12. The van der Waals surface area contributed by atoms with Crippen LogP contribution in [0.4, 0.5) is 5.95 Å². The monoisotopic (exact) mass is 208 g/mol. The number of hydrogen-bond donors (Lipinski definition) is 1. The number of nitrogens with zero attached hydrogens (tertiary/aromatic N) is 3. The third-order valence-electron chi connectivity index (χ3n) is 2.70. The summed E-state index contributed by atoms with van der Waals surface area (Å²) in [7, 11) is 1.61. The minimum absolute atomic E-state index is 0.386. The van der Waals surface area contributed by atoms with Crippen LogP contribution in [-0.2, 0) is 0 Å². The Bertz CT molecular complexity index is 353. The van der Waals surface area contributed by atoms with E-state index in [1.165, 1.54) is 0 Å². The second kappa shape index (κ2) is 4.02. The number of aryl methyl sites for hydroxylation is 1. The molecule has 0 aliphatic carbocycles. The van der Waals surface area contributed by atoms with E-state index < -0.39 is 0 Å². The van der Waals surface area contributed by atoms with Crippen molar-refractivity contribution < 1.29 is 4.74 Å². The van der Waals surface area contributed by atoms with Crippen LogP contribution in [0.2, 0.25) is 0 Å². The van der Waals surface area contributed by atoms with Crippen LogP contribution >= 0.6 is 0 Å². The number of ether oxygens (including phenoxy) is 1. The maximum atomic E-state index is 5.64. The highest BCUT2D eigenvalue weighted by Crippen LogP contribution is 2.24. The number of anilines is 1. The zero-order valence-electron chi connectivity index (χ0n) is 9.10. The molecule has 0 amide bonds. The van der Waals surface area contributed by atoms with Crippen molar-refractivity contribution in [3.05, 3.63) is 11.8 Å². The fraction of sp³-hybridized carbons (Fsp3) is 0.600. The zero-order valence-corrected chi connectivity index (χ0v) is 9.10. The van der Waals surface area contributed by atoms with E-state index in [0.717, 1.165) is 24.6 Å². The first-order valence-corrected chi connectivity index (χ1v) is 5.11. The van der Waals surface area contributed by atoms with E-state index >= 15 is 0 Å². The summed E-state index contributed by atoms with van der Waals surface area (Å²) < 4.78 is 5.11. The molecule has 1 unspecified atom stereocenters. The molecule has 15 heavy (non-hydrogen) atoms. The van der Waals surface area contributed by atoms with E-state index in [2.05, 4.69) is 14.9 Å². The summed E-state index contributed by atoms with van der Waals surface area (Å²) in [4.78, 5) is 10.8. The molecule has 1 aromatic heterocycles. The van der Waals surface area contributed by atoms with E-state index in [-0.39, 0.29) is 0 Å². The lowest BCUT2D eigenvalue weighted by Gasteiger charge is -2.40. The normalized spacial score (nSPS) is 19.9. The maximum Gasteiger partial charge on any atom is 0.229 e. The predicted octanol–water partition coefficient (Wildman–Crippen LogP) is 0.331. The van der Waals surface area contributed by atoms with Crippen LogP contribution in [0.25, 0.3) is 0 Å². The smallest absolute Gasteiger partial charge is 0.229 e. The molecule has 1 aliphatic rings. The molecule has 82 valence electrons. The van der Waals surface area contributed by atoms with Gasteiger partial charge in [0.2, 0.25) is 11.8 Å². The Labute approximate surface area is 89.3 Å². The van der Waals surface area contributed by atoms with Gasteiger partial charge in [-0.3, -0.25) is 0 Å². The Hall–Kier alpha value is -1.36. The molecular weight excluding hydrogens is 192 g/mol. The van der Waals surface area contributed by atoms with Crippen molar-refractivity contribution in [3.63, 3.8) is 0 Å². The predicted molar refractivity (Wildman–Crippen MR) is 58.1 cm³/mol. The maximum absolute atomic E-state index is 5.64. The van der Waals surface area contributed by atoms with Crippen molar-refractivity contribution in [1.29, 1.82) is 0 Å². The summed E-state index contributed by atoms with van der Waals surface area (Å²) in [5.74, 6) is 1.34. The van der Waals surface area contributed by atoms with Crippen LogP contribution < -0.4 is 15.4 Å². The standard InChI is InChI=1S/C10H16N4O/c1-7-5-9(15-2)13-10(12-7)14-4-3-8(14)6-11/h5,8H,3-4,6,11H2,1-2H3. The van der Waals surface area contributed by atoms with Gasteiger partial charge in [0.1, 0.15) is 0 Å². The molecule has 0 bridgehead atoms. The molecule has 5 heteroatoms. The summed E-state index contributed by atoms with van der Waals surface area (Å²) >= 11 is 0. The second-order valence-corrected chi connectivity index (χ2v) is 3.72. The van der Waals surface area contributed by atoms with Gasteiger partial charge in [-0.25, -0.2) is 4.98 Å². The van der Waals surface area contributed by atoms with Gasteiger partial charge in [0.25, 0.3) is 0 Å². The van der Waals surface area contributed by atoms with Gasteiger partial charge < -0.3 is 15.4 Å². The topological polar surface area (TPSA) is 64.3 Å². The van der Waals surface area contributed by atoms with Gasteiger partial charge in [0.05, 0.1) is 7.11 Å². The average Bonchev–Trinajstić information content (AvgIpc) is 2.16. The Morgan fingerprint density at radius 1 is 1.60 bits per heavy atom. The SMILES string of the molecule is COc1cc(C)nc(N2CCC2CN)n1. The molecule has 0 saturated carbocycles. The van der Waals surface area contributed by atoms with Gasteiger partial charge in [-0.15, -0.1) is 0 Å². The molecule has 0 radical (unpaired) electrons. The van der Waals surface area contributed by atoms with Gasteiger partial charge >= 0.3 is 0 Å². The van der Waals surface area contributed by atoms with Crippen LogP contribution in [0.3, 0.4) is 0 Å². The summed E-state index contributed by atoms with van der Waals surface area (Å²) in [5.41, 5.74) is 6.56. The quantitative estimate of drug-likeness (QED) is 0.775. The highest BCUT2D eigenvalue weighted by atomic mass is 16.5. The van der Waals surface area contributed by atoms with Crippen molar-refractivity contribution in [2.45, 2.75) is 19.4 Å². The lowest BCUT2D eigenvalue weighted by Crippen LogP contribution is -2.52. The minimum Gasteiger partial charge on any atom is -0.481 e. The van der Waals surface area contributed by atoms with Crippen molar-refractivity contribution in [2.75, 3.05) is 25.1 Å². The molecule has 0 aromatic carbocycles. The van der Waals surface area contributed by atoms with Gasteiger partial charge in [-0.2, -0.15) is 4.98 Å². The van der Waals surface area contributed by atoms with Gasteiger partial charge in [0.15, 0.2) is 0 Å². The molecule has 2 N–H and O–H groups in total. The highest BCUT2D eigenvalue weighted by molar-refractivity contribution is 5.39. The van der Waals surface area contributed by atoms with Crippen LogP contribution in [0, 0.1) is 6.92 Å². The van der Waals surface area contributed by atoms with Crippen molar-refractivity contribution in [2.24, 2.45) is 5.73 Å². The fourth-order valence-corrected chi connectivity index (χ4v) is 1.71. The molecule has 5 nitrogen and oxygen atoms in total. The lowest BCUT2D eigenvalue weighted by atomic mass is 10.0. The molecule has 1 atom stereocenters. The molecule has 1 aliphatic heterocycles. The first-order chi connectivity index (χ1) is 7.24. The third kappa shape index (κ3) is 1.87. The van der Waals surface area contributed by atoms with Gasteiger partial charge in [-0.05, 0) is 13.3 Å². The number of hydrogen-bond acceptors (Lipinski definition) is 5. The zero-order chi connectivity index (χ0) is 10.8. The highest BCUT2D eigenvalue weighted by Gasteiger charge is 2.29. The van der Waals surface area contributed by atoms with Gasteiger partial charge in [0, 0.05) is 30.9 Å². The molecule has 1 fully saturated rings. The van der Waals surface area contributed by atoms with E-state index in [1.807, 2.05) is 13.0 Å². The lowest BCUT2D eigenvalue weighted by molar-refractivity contribution is 0.390. The first-order valence-electron chi connectivity index (χ1n) is 5.11. The average molecular weight is 208 g/mol. The third-order valence-corrected chi connectivity index (χ3v) is 2.70. The summed E-state index contributed by atoms with van der Waals surface area (Å²) in [6, 6.07) is 2.21. The Kier molecular flexibility index (Phi) is 2.73. The van der Waals surface area contributed by atoms with Crippen molar-refractivity contribution in [3.8, 4) is 5.88 Å². The minimum atomic E-state index is 0.386. The van der Waals surface area contributed by atoms with E-state index in [0.29, 0.717) is 18.5 Å². The Morgan fingerprint density at radius 3 is 2.93 bits per heavy atom. The molecule has 1 saturated heterocycles. The van der Waals surface area contributed by atoms with E-state index in [4.69, 9.17) is 10.5 Å². The van der Waals surface area contributed by atoms with Crippen LogP contribution in [0.1, 0.15) is 12.1 Å². The number of methoxy groups -OCH3 is 1. The summed E-state index contributed by atoms with van der Waals surface area (Å²) in [6.45, 7) is 3.57. The largest absolute Gasteiger partial charge is 0.481 e. The molecule has 2 heterocycles. The van der Waals surface area contributed by atoms with Crippen molar-refractivity contribution >= 4 is 5.95 Å². The Balaban J connectivity index is 2.24. The van der Waals surface area contributed by atoms with Crippen LogP contribution in [0.5, 0.6) is 5.88 Å². The van der Waals surface area contributed by atoms with Crippen molar-refractivity contribution in [1.82, 2.24) is 9.97 Å². The fourth-order valence-electron chi connectivity index (χ4n) is 1.71. The second-order valence-electron chi connectivity index (χ2n) is 3.72. The molecule has 0 spiro atoms. The number of rotatable bonds is 3. The number of nitrogens with two attached hydrogens (primary N) is 1. The van der Waals surface area contributed by atoms with E-state index in [9.17, 15) is 0 Å². The van der Waals surface area contributed by atoms with Crippen LogP contribution in [0.15, 0.2) is 6.07 Å². The molecule has 1 aromatic rings. The first kappa shape index (κ1) is 10.2. The van der Waals surface area contributed by atoms with E-state index in [1.54, 1.807) is 7.11 Å². The summed E-state index contributed by atoms with van der Waals surface area (Å²) in [5, 5.41) is 0. The molecule has 2 rings (SSSR count). The van der Waals surface area contributed by atoms with Crippen LogP contribution in [-0.4, -0.2) is 36.2 Å². The number of aromatic nitrogens is 2. The van der Waals surface area contributed by atoms with Gasteiger partial charge in [-0.1, -0.05) is 0 Å².